The summed E-state index contributed by atoms with van der Waals surface area (Å²) in [6.45, 7) is 0. The standard InChI is InChI=1S/C33H54N6S6/c1-2-14-25(13-1)40-37(41-26-15-3-4-16-26)31-34-32(38(42-27-17-5-6-18-27)43-28-19-7-8-20-28)36-33(35-31)39(44-29-21-9-10-22-29)45-30-23-11-12-24-30/h25-30H,1-24H2. The lowest BCUT2D eigenvalue weighted by Crippen LogP contribution is -2.24. The lowest BCUT2D eigenvalue weighted by Gasteiger charge is -2.31. The number of hydrogen-bond acceptors (Lipinski definition) is 12. The zero-order valence-corrected chi connectivity index (χ0v) is 32.0. The molecule has 0 spiro atoms. The maximum Gasteiger partial charge on any atom is 0.252 e. The van der Waals surface area contributed by atoms with Crippen LogP contribution >= 0.6 is 71.7 Å². The molecule has 1 heterocycles. The van der Waals surface area contributed by atoms with Crippen molar-refractivity contribution in [2.24, 2.45) is 0 Å². The molecule has 6 fully saturated rings. The Morgan fingerprint density at radius 2 is 0.444 bits per heavy atom. The monoisotopic (exact) mass is 726 g/mol. The summed E-state index contributed by atoms with van der Waals surface area (Å²) < 4.78 is 7.45. The molecule has 0 saturated heterocycles. The molecule has 7 rings (SSSR count). The maximum absolute atomic E-state index is 5.45. The minimum Gasteiger partial charge on any atom is -0.224 e. The van der Waals surface area contributed by atoms with Gasteiger partial charge in [0.25, 0.3) is 17.8 Å². The van der Waals surface area contributed by atoms with Crippen molar-refractivity contribution in [3.63, 3.8) is 0 Å². The molecule has 12 heteroatoms. The second-order valence-corrected chi connectivity index (χ2v) is 22.2. The molecular formula is C33H54N6S6. The molecule has 6 aliphatic rings. The van der Waals surface area contributed by atoms with E-state index in [1.165, 1.54) is 154 Å². The number of anilines is 3. The van der Waals surface area contributed by atoms with E-state index in [0.29, 0.717) is 31.5 Å². The number of aromatic nitrogens is 3. The highest BCUT2D eigenvalue weighted by atomic mass is 32.2. The molecule has 1 aromatic rings. The summed E-state index contributed by atoms with van der Waals surface area (Å²) in [5.74, 6) is 2.70. The van der Waals surface area contributed by atoms with Gasteiger partial charge >= 0.3 is 0 Å². The van der Waals surface area contributed by atoms with Gasteiger partial charge in [-0.15, -0.1) is 0 Å². The quantitative estimate of drug-likeness (QED) is 0.162. The molecule has 6 nitrogen and oxygen atoms in total. The predicted molar refractivity (Wildman–Crippen MR) is 206 cm³/mol. The third-order valence-corrected chi connectivity index (χ3v) is 18.7. The highest BCUT2D eigenvalue weighted by molar-refractivity contribution is 8.19. The van der Waals surface area contributed by atoms with Crippen LogP contribution in [0.1, 0.15) is 154 Å². The van der Waals surface area contributed by atoms with Crippen LogP contribution < -0.4 is 11.1 Å². The van der Waals surface area contributed by atoms with Gasteiger partial charge in [0.1, 0.15) is 0 Å². The molecule has 0 N–H and O–H groups in total. The predicted octanol–water partition coefficient (Wildman–Crippen LogP) is 11.8. The van der Waals surface area contributed by atoms with Crippen LogP contribution in [-0.4, -0.2) is 46.5 Å². The van der Waals surface area contributed by atoms with Crippen LogP contribution in [-0.2, 0) is 0 Å². The molecule has 1 aromatic heterocycles. The SMILES string of the molecule is C1CCC(SN(SC2CCCC2)c2nc(N(SC3CCCC3)SC3CCCC3)nc(N(SC3CCCC3)SC3CCCC3)n2)C1. The van der Waals surface area contributed by atoms with Gasteiger partial charge in [0, 0.05) is 31.5 Å². The molecule has 6 saturated carbocycles. The minimum absolute atomic E-state index is 0.677. The first-order valence-electron chi connectivity index (χ1n) is 18.4. The van der Waals surface area contributed by atoms with E-state index < -0.39 is 0 Å². The normalized spacial score (nSPS) is 24.5. The average Bonchev–Trinajstić information content (AvgIpc) is 3.90. The van der Waals surface area contributed by atoms with Crippen molar-refractivity contribution in [2.45, 2.75) is 186 Å². The van der Waals surface area contributed by atoms with Crippen LogP contribution in [0.3, 0.4) is 0 Å². The van der Waals surface area contributed by atoms with Crippen LogP contribution in [0.5, 0.6) is 0 Å². The lowest BCUT2D eigenvalue weighted by atomic mass is 10.4. The summed E-state index contributed by atoms with van der Waals surface area (Å²) in [6.07, 6.45) is 32.2. The van der Waals surface area contributed by atoms with E-state index in [1.54, 1.807) is 0 Å². The molecule has 0 bridgehead atoms. The first kappa shape index (κ1) is 34.0. The summed E-state index contributed by atoms with van der Waals surface area (Å²) in [7, 11) is 0. The zero-order valence-electron chi connectivity index (χ0n) is 27.1. The van der Waals surface area contributed by atoms with Gasteiger partial charge in [-0.3, -0.25) is 0 Å². The van der Waals surface area contributed by atoms with E-state index in [2.05, 4.69) is 11.1 Å². The molecule has 252 valence electrons. The molecule has 0 unspecified atom stereocenters. The molecule has 6 aliphatic carbocycles. The van der Waals surface area contributed by atoms with Gasteiger partial charge in [0.2, 0.25) is 0 Å². The first-order valence-corrected chi connectivity index (χ1v) is 23.4. The number of rotatable bonds is 15. The highest BCUT2D eigenvalue weighted by Gasteiger charge is 2.33. The molecule has 0 aliphatic heterocycles. The van der Waals surface area contributed by atoms with Gasteiger partial charge in [-0.2, -0.15) is 15.0 Å². The number of hydrogen-bond donors (Lipinski definition) is 0. The topological polar surface area (TPSA) is 48.4 Å². The fraction of sp³-hybridized carbons (Fsp3) is 0.909. The summed E-state index contributed by atoms with van der Waals surface area (Å²) >= 11 is 12.3. The third kappa shape index (κ3) is 9.82. The summed E-state index contributed by atoms with van der Waals surface area (Å²) in [5, 5.41) is 4.06. The van der Waals surface area contributed by atoms with Crippen molar-refractivity contribution < 1.29 is 0 Å². The molecule has 0 aromatic carbocycles. The molecule has 45 heavy (non-hydrogen) atoms. The summed E-state index contributed by atoms with van der Waals surface area (Å²) in [6, 6.07) is 0. The molecular weight excluding hydrogens is 673 g/mol. The Labute approximate surface area is 299 Å². The van der Waals surface area contributed by atoms with Gasteiger partial charge < -0.3 is 0 Å². The second-order valence-electron chi connectivity index (χ2n) is 14.1. The molecule has 0 radical (unpaired) electrons. The van der Waals surface area contributed by atoms with Crippen LogP contribution in [0, 0.1) is 0 Å². The third-order valence-electron chi connectivity index (χ3n) is 10.4. The average molecular weight is 727 g/mol. The Balaban J connectivity index is 1.24. The van der Waals surface area contributed by atoms with Crippen LogP contribution in [0.25, 0.3) is 0 Å². The Hall–Kier alpha value is 0.510. The minimum atomic E-state index is 0.677. The van der Waals surface area contributed by atoms with Crippen LogP contribution in [0.15, 0.2) is 0 Å². The van der Waals surface area contributed by atoms with Crippen molar-refractivity contribution in [1.82, 2.24) is 15.0 Å². The van der Waals surface area contributed by atoms with Crippen molar-refractivity contribution in [2.75, 3.05) is 11.1 Å². The van der Waals surface area contributed by atoms with Crippen molar-refractivity contribution >= 4 is 89.5 Å². The van der Waals surface area contributed by atoms with Crippen LogP contribution in [0.2, 0.25) is 0 Å². The van der Waals surface area contributed by atoms with Gasteiger partial charge in [-0.25, -0.2) is 11.1 Å². The lowest BCUT2D eigenvalue weighted by molar-refractivity contribution is 0.886. The largest absolute Gasteiger partial charge is 0.252 e. The molecule has 0 atom stereocenters. The second kappa shape index (κ2) is 17.4. The van der Waals surface area contributed by atoms with Crippen molar-refractivity contribution in [3.8, 4) is 0 Å². The fourth-order valence-electron chi connectivity index (χ4n) is 7.72. The van der Waals surface area contributed by atoms with Crippen molar-refractivity contribution in [1.29, 1.82) is 0 Å². The maximum atomic E-state index is 5.45. The van der Waals surface area contributed by atoms with Gasteiger partial charge in [-0.1, -0.05) is 77.0 Å². The van der Waals surface area contributed by atoms with E-state index in [0.717, 1.165) is 17.8 Å². The summed E-state index contributed by atoms with van der Waals surface area (Å²) in [4.78, 5) is 16.3. The Morgan fingerprint density at radius 1 is 0.289 bits per heavy atom. The van der Waals surface area contributed by atoms with Gasteiger partial charge in [-0.05, 0) is 149 Å². The van der Waals surface area contributed by atoms with E-state index in [4.69, 9.17) is 15.0 Å². The summed E-state index contributed by atoms with van der Waals surface area (Å²) in [5.41, 5.74) is 0. The van der Waals surface area contributed by atoms with E-state index in [-0.39, 0.29) is 0 Å². The van der Waals surface area contributed by atoms with Crippen molar-refractivity contribution in [3.05, 3.63) is 0 Å². The van der Waals surface area contributed by atoms with E-state index in [9.17, 15) is 0 Å². The Bertz CT molecular complexity index is 840. The first-order chi connectivity index (χ1) is 22.2. The van der Waals surface area contributed by atoms with E-state index >= 15 is 0 Å². The van der Waals surface area contributed by atoms with Crippen LogP contribution in [0.4, 0.5) is 17.8 Å². The Morgan fingerprint density at radius 3 is 0.600 bits per heavy atom. The number of nitrogens with zero attached hydrogens (tertiary/aromatic N) is 6. The fourth-order valence-corrected chi connectivity index (χ4v) is 16.5. The zero-order chi connectivity index (χ0) is 30.3. The van der Waals surface area contributed by atoms with Gasteiger partial charge in [0.15, 0.2) is 0 Å². The molecule has 0 amide bonds. The van der Waals surface area contributed by atoms with Gasteiger partial charge in [0.05, 0.1) is 0 Å². The smallest absolute Gasteiger partial charge is 0.224 e. The highest BCUT2D eigenvalue weighted by Crippen LogP contribution is 2.48. The Kier molecular flexibility index (Phi) is 13.2. The van der Waals surface area contributed by atoms with E-state index in [1.807, 2.05) is 71.7 Å².